The summed E-state index contributed by atoms with van der Waals surface area (Å²) in [5.74, 6) is 0. The molecule has 0 fully saturated rings. The molecule has 0 spiro atoms. The van der Waals surface area contributed by atoms with Crippen LogP contribution in [0.5, 0.6) is 0 Å². The second kappa shape index (κ2) is 4.95. The van der Waals surface area contributed by atoms with Crippen molar-refractivity contribution in [3.8, 4) is 0 Å². The highest BCUT2D eigenvalue weighted by Crippen LogP contribution is 2.35. The third kappa shape index (κ3) is 1.95. The first-order chi connectivity index (χ1) is 8.90. The second-order valence-corrected chi connectivity index (χ2v) is 5.55. The molecule has 0 aliphatic heterocycles. The Morgan fingerprint density at radius 1 is 0.944 bits per heavy atom. The monoisotopic (exact) mass is 250 g/mol. The van der Waals surface area contributed by atoms with E-state index in [-0.39, 0.29) is 0 Å². The zero-order valence-electron chi connectivity index (χ0n) is 10.8. The van der Waals surface area contributed by atoms with E-state index in [0.29, 0.717) is 0 Å². The molecule has 0 unspecified atom stereocenters. The van der Waals surface area contributed by atoms with E-state index in [1.54, 1.807) is 0 Å². The summed E-state index contributed by atoms with van der Waals surface area (Å²) in [6, 6.07) is 8.04. The zero-order valence-corrected chi connectivity index (χ0v) is 12.8. The van der Waals surface area contributed by atoms with Crippen LogP contribution < -0.4 is 0 Å². The van der Waals surface area contributed by atoms with Gasteiger partial charge in [-0.15, -0.1) is 0 Å². The second-order valence-electron chi connectivity index (χ2n) is 4.84. The third-order valence-corrected chi connectivity index (χ3v) is 4.50. The fraction of sp³-hybridized carbons (Fsp3) is 0.176. The number of benzene rings is 1. The Bertz CT molecular complexity index is 586. The van der Waals surface area contributed by atoms with Crippen LogP contribution in [0.3, 0.4) is 0 Å². The van der Waals surface area contributed by atoms with Gasteiger partial charge in [0.15, 0.2) is 0 Å². The molecular formula is C17H18Si. The number of allylic oxidation sites excluding steroid dienone is 8. The molecule has 1 aromatic rings. The van der Waals surface area contributed by atoms with Crippen molar-refractivity contribution in [3.63, 3.8) is 0 Å². The standard InChI is InChI=1S/C17H18Si/c18-12-15-10-5-11-16(13-6-1-2-7-13)17(15)14-8-3-4-9-14/h1-6,8,10-11H,7,9,12H2,18H3. The van der Waals surface area contributed by atoms with E-state index in [0.717, 1.165) is 12.8 Å². The van der Waals surface area contributed by atoms with Crippen LogP contribution in [-0.4, -0.2) is 10.2 Å². The Hall–Kier alpha value is -1.60. The molecule has 3 rings (SSSR count). The zero-order chi connectivity index (χ0) is 12.4. The van der Waals surface area contributed by atoms with Crippen LogP contribution in [0.1, 0.15) is 29.5 Å². The fourth-order valence-corrected chi connectivity index (χ4v) is 3.41. The lowest BCUT2D eigenvalue weighted by molar-refractivity contribution is 1.29. The first-order valence-corrected chi connectivity index (χ1v) is 8.15. The van der Waals surface area contributed by atoms with Crippen LogP contribution in [0.25, 0.3) is 11.1 Å². The molecule has 90 valence electrons. The smallest absolute Gasteiger partial charge is 0.00836 e. The molecule has 0 saturated heterocycles. The summed E-state index contributed by atoms with van der Waals surface area (Å²) in [6.45, 7) is 0. The molecule has 0 saturated carbocycles. The molecular weight excluding hydrogens is 232 g/mol. The van der Waals surface area contributed by atoms with Crippen molar-refractivity contribution in [1.82, 2.24) is 0 Å². The van der Waals surface area contributed by atoms with Crippen molar-refractivity contribution < 1.29 is 0 Å². The molecule has 0 nitrogen and oxygen atoms in total. The molecule has 2 aliphatic rings. The van der Waals surface area contributed by atoms with Crippen molar-refractivity contribution in [1.29, 1.82) is 0 Å². The van der Waals surface area contributed by atoms with Gasteiger partial charge in [0.25, 0.3) is 0 Å². The Kier molecular flexibility index (Phi) is 3.16. The van der Waals surface area contributed by atoms with Gasteiger partial charge in [0.2, 0.25) is 0 Å². The van der Waals surface area contributed by atoms with Crippen molar-refractivity contribution in [2.75, 3.05) is 0 Å². The van der Waals surface area contributed by atoms with E-state index in [9.17, 15) is 0 Å². The minimum atomic E-state index is 1.08. The van der Waals surface area contributed by atoms with E-state index in [4.69, 9.17) is 0 Å². The van der Waals surface area contributed by atoms with Crippen LogP contribution >= 0.6 is 0 Å². The highest BCUT2D eigenvalue weighted by molar-refractivity contribution is 6.09. The van der Waals surface area contributed by atoms with Gasteiger partial charge in [0, 0.05) is 10.2 Å². The summed E-state index contributed by atoms with van der Waals surface area (Å²) < 4.78 is 0. The molecule has 0 bridgehead atoms. The molecule has 18 heavy (non-hydrogen) atoms. The first-order valence-electron chi connectivity index (χ1n) is 6.74. The molecule has 2 aliphatic carbocycles. The van der Waals surface area contributed by atoms with E-state index in [2.05, 4.69) is 54.7 Å². The largest absolute Gasteiger partial charge is 0.0801 e. The summed E-state index contributed by atoms with van der Waals surface area (Å²) in [7, 11) is 1.23. The first kappa shape index (κ1) is 11.5. The van der Waals surface area contributed by atoms with Crippen molar-refractivity contribution in [2.24, 2.45) is 0 Å². The lowest BCUT2D eigenvalue weighted by atomic mass is 9.90. The maximum Gasteiger partial charge on any atom is 0.00836 e. The van der Waals surface area contributed by atoms with E-state index >= 15 is 0 Å². The molecule has 0 aromatic heterocycles. The summed E-state index contributed by atoms with van der Waals surface area (Å²) in [6.07, 6.45) is 15.6. The van der Waals surface area contributed by atoms with Crippen molar-refractivity contribution in [2.45, 2.75) is 18.9 Å². The minimum absolute atomic E-state index is 1.08. The Morgan fingerprint density at radius 3 is 2.28 bits per heavy atom. The maximum atomic E-state index is 2.30. The molecule has 0 atom stereocenters. The highest BCUT2D eigenvalue weighted by Gasteiger charge is 2.15. The minimum Gasteiger partial charge on any atom is -0.0801 e. The van der Waals surface area contributed by atoms with Gasteiger partial charge in [-0.3, -0.25) is 0 Å². The normalized spacial score (nSPS) is 17.3. The molecule has 1 heteroatoms. The van der Waals surface area contributed by atoms with Crippen LogP contribution in [0.15, 0.2) is 54.7 Å². The van der Waals surface area contributed by atoms with Crippen molar-refractivity contribution >= 4 is 21.4 Å². The Morgan fingerprint density at radius 2 is 1.67 bits per heavy atom. The average Bonchev–Trinajstić information content (AvgIpc) is 3.10. The van der Waals surface area contributed by atoms with Gasteiger partial charge in [-0.05, 0) is 46.7 Å². The van der Waals surface area contributed by atoms with E-state index in [1.165, 1.54) is 44.1 Å². The third-order valence-electron chi connectivity index (χ3n) is 3.74. The highest BCUT2D eigenvalue weighted by atomic mass is 28.1. The SMILES string of the molecule is [SiH3]Cc1cccc(C2=CC=CC2)c1C1=CC=CC1. The molecule has 0 N–H and O–H groups in total. The molecule has 0 heterocycles. The predicted molar refractivity (Wildman–Crippen MR) is 83.6 cm³/mol. The Balaban J connectivity index is 2.13. The lowest BCUT2D eigenvalue weighted by Gasteiger charge is -2.16. The van der Waals surface area contributed by atoms with Gasteiger partial charge in [-0.25, -0.2) is 0 Å². The number of hydrogen-bond donors (Lipinski definition) is 0. The summed E-state index contributed by atoms with van der Waals surface area (Å²) in [5, 5.41) is 0. The van der Waals surface area contributed by atoms with Gasteiger partial charge < -0.3 is 0 Å². The van der Waals surface area contributed by atoms with E-state index in [1.807, 2.05) is 0 Å². The maximum absolute atomic E-state index is 2.30. The summed E-state index contributed by atoms with van der Waals surface area (Å²) >= 11 is 0. The summed E-state index contributed by atoms with van der Waals surface area (Å²) in [4.78, 5) is 0. The summed E-state index contributed by atoms with van der Waals surface area (Å²) in [5.41, 5.74) is 7.44. The molecule has 1 aromatic carbocycles. The average molecular weight is 250 g/mol. The van der Waals surface area contributed by atoms with E-state index < -0.39 is 0 Å². The number of rotatable bonds is 3. The molecule has 0 radical (unpaired) electrons. The van der Waals surface area contributed by atoms with Crippen LogP contribution in [0.4, 0.5) is 0 Å². The van der Waals surface area contributed by atoms with Gasteiger partial charge in [0.05, 0.1) is 0 Å². The predicted octanol–water partition coefficient (Wildman–Crippen LogP) is 3.24. The van der Waals surface area contributed by atoms with Gasteiger partial charge in [-0.1, -0.05) is 54.7 Å². The topological polar surface area (TPSA) is 0 Å². The van der Waals surface area contributed by atoms with Crippen molar-refractivity contribution in [3.05, 3.63) is 71.3 Å². The van der Waals surface area contributed by atoms with Gasteiger partial charge >= 0.3 is 0 Å². The van der Waals surface area contributed by atoms with Crippen LogP contribution in [-0.2, 0) is 6.04 Å². The van der Waals surface area contributed by atoms with Crippen LogP contribution in [0, 0.1) is 0 Å². The lowest BCUT2D eigenvalue weighted by Crippen LogP contribution is -1.98. The number of hydrogen-bond acceptors (Lipinski definition) is 0. The quantitative estimate of drug-likeness (QED) is 0.723. The Labute approximate surface area is 112 Å². The fourth-order valence-electron chi connectivity index (χ4n) is 2.82. The molecule has 0 amide bonds. The van der Waals surface area contributed by atoms with Gasteiger partial charge in [0.1, 0.15) is 0 Å². The van der Waals surface area contributed by atoms with Gasteiger partial charge in [-0.2, -0.15) is 0 Å². The van der Waals surface area contributed by atoms with Crippen LogP contribution in [0.2, 0.25) is 0 Å².